The van der Waals surface area contributed by atoms with Crippen molar-refractivity contribution in [3.63, 3.8) is 0 Å². The third-order valence-corrected chi connectivity index (χ3v) is 7.04. The SMILES string of the molecule is O=S(=O)(Nc1ccsc1-c1ccccc1Cl)c1c(Cl)cc(Cl)cc1Cl. The predicted octanol–water partition coefficient (Wildman–Crippen LogP) is 6.83. The van der Waals surface area contributed by atoms with Gasteiger partial charge in [0.25, 0.3) is 10.0 Å². The molecule has 0 radical (unpaired) electrons. The van der Waals surface area contributed by atoms with Crippen LogP contribution in [-0.2, 0) is 10.0 Å². The first-order chi connectivity index (χ1) is 11.8. The lowest BCUT2D eigenvalue weighted by Gasteiger charge is -2.12. The zero-order valence-corrected chi connectivity index (χ0v) is 16.9. The number of hydrogen-bond donors (Lipinski definition) is 1. The van der Waals surface area contributed by atoms with E-state index in [1.807, 2.05) is 12.1 Å². The first-order valence-corrected chi connectivity index (χ1v) is 10.7. The van der Waals surface area contributed by atoms with Crippen molar-refractivity contribution in [1.29, 1.82) is 0 Å². The van der Waals surface area contributed by atoms with Gasteiger partial charge < -0.3 is 0 Å². The summed E-state index contributed by atoms with van der Waals surface area (Å²) in [6, 6.07) is 11.5. The summed E-state index contributed by atoms with van der Waals surface area (Å²) >= 11 is 25.5. The average Bonchev–Trinajstić information content (AvgIpc) is 2.93. The quantitative estimate of drug-likeness (QED) is 0.471. The van der Waals surface area contributed by atoms with E-state index in [9.17, 15) is 8.42 Å². The molecular weight excluding hydrogens is 444 g/mol. The number of sulfonamides is 1. The first kappa shape index (κ1) is 18.8. The maximum atomic E-state index is 12.8. The number of rotatable bonds is 4. The molecule has 2 aromatic carbocycles. The number of hydrogen-bond acceptors (Lipinski definition) is 3. The molecule has 0 saturated heterocycles. The normalized spacial score (nSPS) is 11.5. The van der Waals surface area contributed by atoms with Crippen LogP contribution < -0.4 is 4.72 Å². The molecule has 1 aromatic heterocycles. The maximum absolute atomic E-state index is 12.8. The van der Waals surface area contributed by atoms with Gasteiger partial charge in [0.1, 0.15) is 4.90 Å². The highest BCUT2D eigenvalue weighted by atomic mass is 35.5. The van der Waals surface area contributed by atoms with Crippen molar-refractivity contribution in [3.8, 4) is 10.4 Å². The number of nitrogens with one attached hydrogen (secondary N) is 1. The molecule has 0 fully saturated rings. The molecule has 1 heterocycles. The maximum Gasteiger partial charge on any atom is 0.264 e. The Balaban J connectivity index is 2.05. The Labute approximate surface area is 169 Å². The highest BCUT2D eigenvalue weighted by Gasteiger charge is 2.24. The van der Waals surface area contributed by atoms with E-state index < -0.39 is 10.0 Å². The van der Waals surface area contributed by atoms with E-state index in [2.05, 4.69) is 4.72 Å². The van der Waals surface area contributed by atoms with Crippen LogP contribution in [0.5, 0.6) is 0 Å². The smallest absolute Gasteiger partial charge is 0.264 e. The molecule has 130 valence electrons. The largest absolute Gasteiger partial charge is 0.278 e. The Morgan fingerprint density at radius 2 is 1.52 bits per heavy atom. The number of thiophene rings is 1. The van der Waals surface area contributed by atoms with Gasteiger partial charge in [0, 0.05) is 15.6 Å². The summed E-state index contributed by atoms with van der Waals surface area (Å²) in [5.74, 6) is 0. The topological polar surface area (TPSA) is 46.2 Å². The summed E-state index contributed by atoms with van der Waals surface area (Å²) in [6.07, 6.45) is 0. The van der Waals surface area contributed by atoms with Crippen LogP contribution in [0.1, 0.15) is 0 Å². The van der Waals surface area contributed by atoms with Crippen molar-refractivity contribution in [1.82, 2.24) is 0 Å². The molecular formula is C16H9Cl4NO2S2. The standard InChI is InChI=1S/C16H9Cl4NO2S2/c17-9-7-12(19)16(13(20)8-9)25(22,23)21-14-5-6-24-15(14)10-3-1-2-4-11(10)18/h1-8,21H. The minimum Gasteiger partial charge on any atom is -0.278 e. The van der Waals surface area contributed by atoms with E-state index in [1.165, 1.54) is 23.5 Å². The fourth-order valence-electron chi connectivity index (χ4n) is 2.23. The van der Waals surface area contributed by atoms with Gasteiger partial charge in [-0.3, -0.25) is 4.72 Å². The Morgan fingerprint density at radius 3 is 2.16 bits per heavy atom. The fourth-order valence-corrected chi connectivity index (χ4v) is 6.09. The molecule has 0 saturated carbocycles. The van der Waals surface area contributed by atoms with Gasteiger partial charge in [-0.2, -0.15) is 0 Å². The molecule has 3 nitrogen and oxygen atoms in total. The summed E-state index contributed by atoms with van der Waals surface area (Å²) in [7, 11) is -4.01. The summed E-state index contributed by atoms with van der Waals surface area (Å²) in [6.45, 7) is 0. The summed E-state index contributed by atoms with van der Waals surface area (Å²) in [5.41, 5.74) is 1.12. The van der Waals surface area contributed by atoms with Crippen LogP contribution in [0.15, 0.2) is 52.7 Å². The van der Waals surface area contributed by atoms with Crippen molar-refractivity contribution < 1.29 is 8.42 Å². The number of anilines is 1. The second kappa shape index (κ2) is 7.35. The molecule has 0 amide bonds. The van der Waals surface area contributed by atoms with Crippen LogP contribution in [0, 0.1) is 0 Å². The van der Waals surface area contributed by atoms with Gasteiger partial charge >= 0.3 is 0 Å². The third-order valence-electron chi connectivity index (χ3n) is 3.26. The first-order valence-electron chi connectivity index (χ1n) is 6.79. The molecule has 3 aromatic rings. The third kappa shape index (κ3) is 3.92. The summed E-state index contributed by atoms with van der Waals surface area (Å²) < 4.78 is 28.1. The molecule has 3 rings (SSSR count). The molecule has 0 aliphatic heterocycles. The van der Waals surface area contributed by atoms with Crippen LogP contribution in [-0.4, -0.2) is 8.42 Å². The molecule has 0 unspecified atom stereocenters. The van der Waals surface area contributed by atoms with Crippen molar-refractivity contribution in [3.05, 3.63) is 67.9 Å². The van der Waals surface area contributed by atoms with Crippen LogP contribution >= 0.6 is 57.7 Å². The van der Waals surface area contributed by atoms with E-state index in [4.69, 9.17) is 46.4 Å². The Kier molecular flexibility index (Phi) is 5.54. The second-order valence-corrected chi connectivity index (χ2v) is 9.14. The Bertz CT molecular complexity index is 1020. The lowest BCUT2D eigenvalue weighted by atomic mass is 10.2. The van der Waals surface area contributed by atoms with Crippen molar-refractivity contribution >= 4 is 73.5 Å². The molecule has 25 heavy (non-hydrogen) atoms. The predicted molar refractivity (Wildman–Crippen MR) is 107 cm³/mol. The minimum absolute atomic E-state index is 0.0560. The second-order valence-electron chi connectivity index (χ2n) is 4.95. The summed E-state index contributed by atoms with van der Waals surface area (Å²) in [5, 5.41) is 2.43. The molecule has 0 aliphatic rings. The fraction of sp³-hybridized carbons (Fsp3) is 0. The highest BCUT2D eigenvalue weighted by Crippen LogP contribution is 2.40. The number of halogens is 4. The van der Waals surface area contributed by atoms with Crippen LogP contribution in [0.2, 0.25) is 20.1 Å². The van der Waals surface area contributed by atoms with Crippen molar-refractivity contribution in [2.24, 2.45) is 0 Å². The summed E-state index contributed by atoms with van der Waals surface area (Å²) in [4.78, 5) is 0.465. The van der Waals surface area contributed by atoms with Crippen LogP contribution in [0.4, 0.5) is 5.69 Å². The van der Waals surface area contributed by atoms with Gasteiger partial charge in [0.05, 0.1) is 20.6 Å². The van der Waals surface area contributed by atoms with Crippen LogP contribution in [0.3, 0.4) is 0 Å². The van der Waals surface area contributed by atoms with Gasteiger partial charge in [-0.1, -0.05) is 64.6 Å². The van der Waals surface area contributed by atoms with E-state index in [-0.39, 0.29) is 20.0 Å². The molecule has 0 bridgehead atoms. The monoisotopic (exact) mass is 451 g/mol. The number of benzene rings is 2. The van der Waals surface area contributed by atoms with E-state index in [1.54, 1.807) is 23.6 Å². The van der Waals surface area contributed by atoms with Gasteiger partial charge in [0.15, 0.2) is 0 Å². The highest BCUT2D eigenvalue weighted by molar-refractivity contribution is 7.93. The van der Waals surface area contributed by atoms with Crippen molar-refractivity contribution in [2.45, 2.75) is 4.90 Å². The average molecular weight is 453 g/mol. The van der Waals surface area contributed by atoms with Gasteiger partial charge in [-0.15, -0.1) is 11.3 Å². The van der Waals surface area contributed by atoms with E-state index >= 15 is 0 Å². The van der Waals surface area contributed by atoms with Crippen LogP contribution in [0.25, 0.3) is 10.4 Å². The lowest BCUT2D eigenvalue weighted by Crippen LogP contribution is -2.14. The van der Waals surface area contributed by atoms with Gasteiger partial charge in [-0.25, -0.2) is 8.42 Å². The Hall–Kier alpha value is -0.950. The van der Waals surface area contributed by atoms with Gasteiger partial charge in [0.2, 0.25) is 0 Å². The lowest BCUT2D eigenvalue weighted by molar-refractivity contribution is 0.601. The Morgan fingerprint density at radius 1 is 0.880 bits per heavy atom. The van der Waals surface area contributed by atoms with Crippen molar-refractivity contribution in [2.75, 3.05) is 4.72 Å². The molecule has 0 spiro atoms. The van der Waals surface area contributed by atoms with E-state index in [0.717, 1.165) is 5.56 Å². The molecule has 0 atom stereocenters. The zero-order chi connectivity index (χ0) is 18.2. The van der Waals surface area contributed by atoms with E-state index in [0.29, 0.717) is 15.6 Å². The molecule has 1 N–H and O–H groups in total. The van der Waals surface area contributed by atoms with Gasteiger partial charge in [-0.05, 0) is 29.6 Å². The zero-order valence-electron chi connectivity index (χ0n) is 12.3. The molecule has 0 aliphatic carbocycles. The molecule has 9 heteroatoms. The minimum atomic E-state index is -4.01.